The van der Waals surface area contributed by atoms with E-state index in [4.69, 9.17) is 4.74 Å². The Labute approximate surface area is 131 Å². The zero-order chi connectivity index (χ0) is 15.2. The zero-order valence-electron chi connectivity index (χ0n) is 12.7. The number of carbonyl (C=O) groups is 1. The molecule has 0 aliphatic heterocycles. The summed E-state index contributed by atoms with van der Waals surface area (Å²) in [4.78, 5) is 12.1. The molecule has 1 aliphatic rings. The van der Waals surface area contributed by atoms with Gasteiger partial charge in [0.15, 0.2) is 0 Å². The predicted octanol–water partition coefficient (Wildman–Crippen LogP) is 3.97. The van der Waals surface area contributed by atoms with E-state index >= 15 is 0 Å². The smallest absolute Gasteiger partial charge is 0.227 e. The topological polar surface area (TPSA) is 38.3 Å². The highest BCUT2D eigenvalue weighted by atomic mass is 16.5. The van der Waals surface area contributed by atoms with Crippen LogP contribution in [0.1, 0.15) is 30.4 Å². The van der Waals surface area contributed by atoms with Crippen molar-refractivity contribution in [3.8, 4) is 5.75 Å². The SMILES string of the molecule is O=C(CCOc1ccccc1)Nc1cccc2c1CCCC2. The Bertz CT molecular complexity index is 637. The molecule has 2 aromatic rings. The molecule has 0 spiro atoms. The maximum atomic E-state index is 12.1. The molecule has 0 atom stereocenters. The first-order valence-electron chi connectivity index (χ1n) is 7.91. The molecule has 0 heterocycles. The summed E-state index contributed by atoms with van der Waals surface area (Å²) in [5, 5.41) is 3.04. The second-order valence-corrected chi connectivity index (χ2v) is 5.61. The lowest BCUT2D eigenvalue weighted by Crippen LogP contribution is -2.17. The largest absolute Gasteiger partial charge is 0.493 e. The lowest BCUT2D eigenvalue weighted by Gasteiger charge is -2.19. The van der Waals surface area contributed by atoms with Gasteiger partial charge < -0.3 is 10.1 Å². The number of aryl methyl sites for hydroxylation is 1. The molecule has 0 bridgehead atoms. The van der Waals surface area contributed by atoms with Gasteiger partial charge in [0.2, 0.25) is 5.91 Å². The van der Waals surface area contributed by atoms with E-state index in [1.807, 2.05) is 42.5 Å². The third-order valence-corrected chi connectivity index (χ3v) is 4.01. The van der Waals surface area contributed by atoms with Crippen LogP contribution >= 0.6 is 0 Å². The molecule has 0 aromatic heterocycles. The number of carbonyl (C=O) groups excluding carboxylic acids is 1. The zero-order valence-corrected chi connectivity index (χ0v) is 12.7. The Kier molecular flexibility index (Phi) is 4.74. The number of amides is 1. The molecule has 3 nitrogen and oxygen atoms in total. The van der Waals surface area contributed by atoms with Gasteiger partial charge in [-0.25, -0.2) is 0 Å². The number of rotatable bonds is 5. The number of hydrogen-bond acceptors (Lipinski definition) is 2. The van der Waals surface area contributed by atoms with E-state index in [1.54, 1.807) is 0 Å². The summed E-state index contributed by atoms with van der Waals surface area (Å²) in [6.45, 7) is 0.394. The van der Waals surface area contributed by atoms with Gasteiger partial charge in [-0.15, -0.1) is 0 Å². The minimum Gasteiger partial charge on any atom is -0.493 e. The molecular weight excluding hydrogens is 274 g/mol. The van der Waals surface area contributed by atoms with Crippen molar-refractivity contribution in [2.75, 3.05) is 11.9 Å². The highest BCUT2D eigenvalue weighted by molar-refractivity contribution is 5.91. The van der Waals surface area contributed by atoms with E-state index in [1.165, 1.54) is 24.0 Å². The summed E-state index contributed by atoms with van der Waals surface area (Å²) in [6, 6.07) is 15.8. The molecule has 1 N–H and O–H groups in total. The standard InChI is InChI=1S/C19H21NO2/c21-19(13-14-22-16-9-2-1-3-10-16)20-18-12-6-8-15-7-4-5-11-17(15)18/h1-3,6,8-10,12H,4-5,7,11,13-14H2,(H,20,21). The third-order valence-electron chi connectivity index (χ3n) is 4.01. The second kappa shape index (κ2) is 7.12. The molecule has 0 saturated heterocycles. The molecule has 1 aliphatic carbocycles. The summed E-state index contributed by atoms with van der Waals surface area (Å²) >= 11 is 0. The van der Waals surface area contributed by atoms with Crippen LogP contribution in [0.3, 0.4) is 0 Å². The Morgan fingerprint density at radius 2 is 1.82 bits per heavy atom. The van der Waals surface area contributed by atoms with Crippen LogP contribution in [0, 0.1) is 0 Å². The predicted molar refractivity (Wildman–Crippen MR) is 88.3 cm³/mol. The van der Waals surface area contributed by atoms with Gasteiger partial charge in [0.05, 0.1) is 13.0 Å². The summed E-state index contributed by atoms with van der Waals surface area (Å²) in [5.74, 6) is 0.808. The van der Waals surface area contributed by atoms with Crippen molar-refractivity contribution in [2.45, 2.75) is 32.1 Å². The number of benzene rings is 2. The number of para-hydroxylation sites is 1. The average Bonchev–Trinajstić information content (AvgIpc) is 2.56. The second-order valence-electron chi connectivity index (χ2n) is 5.61. The first-order chi connectivity index (χ1) is 10.8. The van der Waals surface area contributed by atoms with Crippen molar-refractivity contribution in [3.63, 3.8) is 0 Å². The van der Waals surface area contributed by atoms with E-state index in [0.717, 1.165) is 24.3 Å². The Balaban J connectivity index is 1.54. The molecule has 3 rings (SSSR count). The van der Waals surface area contributed by atoms with Crippen LogP contribution < -0.4 is 10.1 Å². The van der Waals surface area contributed by atoms with Gasteiger partial charge in [-0.05, 0) is 55.0 Å². The number of anilines is 1. The number of nitrogens with one attached hydrogen (secondary N) is 1. The van der Waals surface area contributed by atoms with E-state index in [2.05, 4.69) is 11.4 Å². The fraction of sp³-hybridized carbons (Fsp3) is 0.316. The normalized spacial score (nSPS) is 13.3. The van der Waals surface area contributed by atoms with Crippen LogP contribution in [0.2, 0.25) is 0 Å². The van der Waals surface area contributed by atoms with Crippen LogP contribution in [0.25, 0.3) is 0 Å². The van der Waals surface area contributed by atoms with Crippen molar-refractivity contribution >= 4 is 11.6 Å². The van der Waals surface area contributed by atoms with E-state index in [-0.39, 0.29) is 5.91 Å². The molecule has 0 radical (unpaired) electrons. The fourth-order valence-electron chi connectivity index (χ4n) is 2.89. The summed E-state index contributed by atoms with van der Waals surface area (Å²) in [5.41, 5.74) is 3.66. The van der Waals surface area contributed by atoms with Crippen molar-refractivity contribution in [1.82, 2.24) is 0 Å². The maximum absolute atomic E-state index is 12.1. The van der Waals surface area contributed by atoms with Gasteiger partial charge in [-0.2, -0.15) is 0 Å². The fourth-order valence-corrected chi connectivity index (χ4v) is 2.89. The van der Waals surface area contributed by atoms with Crippen molar-refractivity contribution < 1.29 is 9.53 Å². The van der Waals surface area contributed by atoms with E-state index in [9.17, 15) is 4.79 Å². The molecule has 114 valence electrons. The van der Waals surface area contributed by atoms with Gasteiger partial charge in [0.1, 0.15) is 5.75 Å². The van der Waals surface area contributed by atoms with Crippen molar-refractivity contribution in [2.24, 2.45) is 0 Å². The monoisotopic (exact) mass is 295 g/mol. The number of fused-ring (bicyclic) bond motifs is 1. The number of hydrogen-bond donors (Lipinski definition) is 1. The van der Waals surface area contributed by atoms with Gasteiger partial charge in [-0.3, -0.25) is 4.79 Å². The highest BCUT2D eigenvalue weighted by Gasteiger charge is 2.14. The third kappa shape index (κ3) is 3.67. The van der Waals surface area contributed by atoms with Crippen molar-refractivity contribution in [1.29, 1.82) is 0 Å². The van der Waals surface area contributed by atoms with E-state index < -0.39 is 0 Å². The minimum absolute atomic E-state index is 0.00917. The first-order valence-corrected chi connectivity index (χ1v) is 7.91. The molecule has 3 heteroatoms. The Hall–Kier alpha value is -2.29. The van der Waals surface area contributed by atoms with Crippen LogP contribution in [0.5, 0.6) is 5.75 Å². The summed E-state index contributed by atoms with van der Waals surface area (Å²) < 4.78 is 5.57. The van der Waals surface area contributed by atoms with Crippen LogP contribution in [-0.2, 0) is 17.6 Å². The van der Waals surface area contributed by atoms with Gasteiger partial charge >= 0.3 is 0 Å². The summed E-state index contributed by atoms with van der Waals surface area (Å²) in [6.07, 6.45) is 4.99. The molecule has 0 fully saturated rings. The maximum Gasteiger partial charge on any atom is 0.227 e. The first kappa shape index (κ1) is 14.6. The molecule has 22 heavy (non-hydrogen) atoms. The quantitative estimate of drug-likeness (QED) is 0.906. The molecule has 0 unspecified atom stereocenters. The highest BCUT2D eigenvalue weighted by Crippen LogP contribution is 2.27. The molecule has 1 amide bonds. The molecular formula is C19H21NO2. The van der Waals surface area contributed by atoms with Crippen LogP contribution in [0.4, 0.5) is 5.69 Å². The van der Waals surface area contributed by atoms with Gasteiger partial charge in [0, 0.05) is 5.69 Å². The average molecular weight is 295 g/mol. The molecule has 0 saturated carbocycles. The minimum atomic E-state index is 0.00917. The van der Waals surface area contributed by atoms with Crippen molar-refractivity contribution in [3.05, 3.63) is 59.7 Å². The lowest BCUT2D eigenvalue weighted by molar-refractivity contribution is -0.116. The Morgan fingerprint density at radius 1 is 1.00 bits per heavy atom. The van der Waals surface area contributed by atoms with Crippen LogP contribution in [0.15, 0.2) is 48.5 Å². The Morgan fingerprint density at radius 3 is 2.68 bits per heavy atom. The number of ether oxygens (including phenoxy) is 1. The van der Waals surface area contributed by atoms with Gasteiger partial charge in [0.25, 0.3) is 0 Å². The van der Waals surface area contributed by atoms with E-state index in [0.29, 0.717) is 13.0 Å². The molecule has 2 aromatic carbocycles. The summed E-state index contributed by atoms with van der Waals surface area (Å²) in [7, 11) is 0. The van der Waals surface area contributed by atoms with Crippen LogP contribution in [-0.4, -0.2) is 12.5 Å². The van der Waals surface area contributed by atoms with Gasteiger partial charge in [-0.1, -0.05) is 30.3 Å². The lowest BCUT2D eigenvalue weighted by atomic mass is 9.90.